The van der Waals surface area contributed by atoms with Crippen molar-refractivity contribution >= 4 is 0 Å². The van der Waals surface area contributed by atoms with Crippen molar-refractivity contribution in [2.24, 2.45) is 0 Å². The number of aliphatic hydroxyl groups excluding tert-OH is 1. The molecule has 0 saturated heterocycles. The van der Waals surface area contributed by atoms with Crippen LogP contribution in [-0.2, 0) is 9.47 Å². The maximum Gasteiger partial charge on any atom is 0.0648 e. The Labute approximate surface area is 262 Å². The number of rotatable bonds is 32. The molecular weight excluding hydrogens is 520 g/mol. The summed E-state index contributed by atoms with van der Waals surface area (Å²) >= 11 is 0. The van der Waals surface area contributed by atoms with Gasteiger partial charge in [-0.05, 0) is 79.6 Å². The minimum absolute atomic E-state index is 0.0856. The molecule has 246 valence electrons. The monoisotopic (exact) mass is 591 g/mol. The Morgan fingerprint density at radius 1 is 0.476 bits per heavy atom. The summed E-state index contributed by atoms with van der Waals surface area (Å²) in [6, 6.07) is 0. The highest BCUT2D eigenvalue weighted by atomic mass is 16.5. The summed E-state index contributed by atoms with van der Waals surface area (Å²) in [6.45, 7) is 4.97. The van der Waals surface area contributed by atoms with E-state index in [1.165, 1.54) is 89.9 Å². The molecule has 1 N–H and O–H groups in total. The van der Waals surface area contributed by atoms with E-state index in [4.69, 9.17) is 9.47 Å². The van der Waals surface area contributed by atoms with Crippen molar-refractivity contribution in [2.75, 3.05) is 67.7 Å². The fraction of sp³-hybridized carbons (Fsp3) is 0.784. The van der Waals surface area contributed by atoms with Crippen LogP contribution in [-0.4, -0.2) is 88.7 Å². The SMILES string of the molecule is CN(C)CCOC/C=C\C/C=C\CCCCCCCCC(O)CCCCCCCC/C=C\C/C=C\COCCN(C)C. The number of hydrogen-bond acceptors (Lipinski definition) is 5. The molecule has 0 atom stereocenters. The third-order valence-corrected chi connectivity index (χ3v) is 7.32. The fourth-order valence-electron chi connectivity index (χ4n) is 4.55. The largest absolute Gasteiger partial charge is 0.393 e. The Morgan fingerprint density at radius 2 is 0.833 bits per heavy atom. The molecule has 0 bridgehead atoms. The van der Waals surface area contributed by atoms with Gasteiger partial charge in [0.25, 0.3) is 0 Å². The molecule has 0 fully saturated rings. The van der Waals surface area contributed by atoms with Gasteiger partial charge < -0.3 is 24.4 Å². The van der Waals surface area contributed by atoms with E-state index >= 15 is 0 Å². The third-order valence-electron chi connectivity index (χ3n) is 7.32. The summed E-state index contributed by atoms with van der Waals surface area (Å²) in [4.78, 5) is 4.27. The number of unbranched alkanes of at least 4 members (excludes halogenated alkanes) is 12. The highest BCUT2D eigenvalue weighted by Crippen LogP contribution is 2.15. The summed E-state index contributed by atoms with van der Waals surface area (Å²) in [5.41, 5.74) is 0. The van der Waals surface area contributed by atoms with Gasteiger partial charge in [0, 0.05) is 13.1 Å². The number of ether oxygens (including phenoxy) is 2. The second-order valence-electron chi connectivity index (χ2n) is 12.2. The van der Waals surface area contributed by atoms with E-state index in [0.29, 0.717) is 13.2 Å². The van der Waals surface area contributed by atoms with Crippen molar-refractivity contribution in [3.63, 3.8) is 0 Å². The van der Waals surface area contributed by atoms with E-state index in [-0.39, 0.29) is 6.10 Å². The van der Waals surface area contributed by atoms with Gasteiger partial charge in [-0.1, -0.05) is 113 Å². The molecule has 0 rings (SSSR count). The van der Waals surface area contributed by atoms with Crippen molar-refractivity contribution in [1.29, 1.82) is 0 Å². The molecule has 0 aliphatic rings. The van der Waals surface area contributed by atoms with Gasteiger partial charge in [0.1, 0.15) is 0 Å². The summed E-state index contributed by atoms with van der Waals surface area (Å²) in [7, 11) is 8.26. The van der Waals surface area contributed by atoms with E-state index in [0.717, 1.165) is 52.0 Å². The maximum atomic E-state index is 10.3. The van der Waals surface area contributed by atoms with Crippen LogP contribution in [0.5, 0.6) is 0 Å². The molecule has 0 aromatic carbocycles. The molecule has 0 aromatic heterocycles. The molecular formula is C37H70N2O3. The van der Waals surface area contributed by atoms with Gasteiger partial charge >= 0.3 is 0 Å². The predicted molar refractivity (Wildman–Crippen MR) is 184 cm³/mol. The average Bonchev–Trinajstić information content (AvgIpc) is 2.96. The first kappa shape index (κ1) is 40.8. The highest BCUT2D eigenvalue weighted by molar-refractivity contribution is 4.93. The van der Waals surface area contributed by atoms with Crippen LogP contribution in [0.2, 0.25) is 0 Å². The average molecular weight is 591 g/mol. The lowest BCUT2D eigenvalue weighted by Gasteiger charge is -2.10. The first-order valence-corrected chi connectivity index (χ1v) is 17.3. The minimum atomic E-state index is -0.0856. The van der Waals surface area contributed by atoms with Crippen molar-refractivity contribution in [2.45, 2.75) is 122 Å². The van der Waals surface area contributed by atoms with Gasteiger partial charge in [-0.25, -0.2) is 0 Å². The van der Waals surface area contributed by atoms with E-state index in [1.807, 2.05) is 0 Å². The lowest BCUT2D eigenvalue weighted by Crippen LogP contribution is -2.17. The van der Waals surface area contributed by atoms with Crippen LogP contribution in [0, 0.1) is 0 Å². The second-order valence-corrected chi connectivity index (χ2v) is 12.2. The molecule has 5 nitrogen and oxygen atoms in total. The summed E-state index contributed by atoms with van der Waals surface area (Å²) in [6.07, 6.45) is 39.5. The normalized spacial score (nSPS) is 12.8. The van der Waals surface area contributed by atoms with Crippen molar-refractivity contribution in [1.82, 2.24) is 9.80 Å². The molecule has 0 radical (unpaired) electrons. The molecule has 0 aliphatic heterocycles. The second kappa shape index (κ2) is 34.3. The standard InChI is InChI=1S/C37H70N2O3/c1-38(2)31-35-41-33-27-23-19-15-11-7-5-9-13-17-21-25-29-37(40)30-26-22-18-14-10-6-8-12-16-20-24-28-34-42-36-32-39(3)4/h11-12,15-16,23-24,27-28,37,40H,5-10,13-14,17-22,25-26,29-36H2,1-4H3/b15-11-,16-12-,27-23-,28-24-. The van der Waals surface area contributed by atoms with Crippen molar-refractivity contribution in [3.8, 4) is 0 Å². The van der Waals surface area contributed by atoms with Gasteiger partial charge in [-0.2, -0.15) is 0 Å². The predicted octanol–water partition coefficient (Wildman–Crippen LogP) is 8.75. The van der Waals surface area contributed by atoms with Crippen LogP contribution in [0.25, 0.3) is 0 Å². The van der Waals surface area contributed by atoms with Crippen LogP contribution in [0.15, 0.2) is 48.6 Å². The van der Waals surface area contributed by atoms with E-state index in [1.54, 1.807) is 0 Å². The topological polar surface area (TPSA) is 45.2 Å². The van der Waals surface area contributed by atoms with Crippen LogP contribution in [0.4, 0.5) is 0 Å². The van der Waals surface area contributed by atoms with Gasteiger partial charge in [0.15, 0.2) is 0 Å². The quantitative estimate of drug-likeness (QED) is 0.0627. The van der Waals surface area contributed by atoms with Crippen LogP contribution < -0.4 is 0 Å². The zero-order valence-electron chi connectivity index (χ0n) is 28.3. The number of allylic oxidation sites excluding steroid dienone is 6. The number of nitrogens with zero attached hydrogens (tertiary/aromatic N) is 2. The Hall–Kier alpha value is -1.24. The first-order valence-electron chi connectivity index (χ1n) is 17.3. The zero-order chi connectivity index (χ0) is 30.8. The summed E-state index contributed by atoms with van der Waals surface area (Å²) in [5, 5.41) is 10.3. The van der Waals surface area contributed by atoms with E-state index < -0.39 is 0 Å². The lowest BCUT2D eigenvalue weighted by atomic mass is 10.0. The van der Waals surface area contributed by atoms with Crippen molar-refractivity contribution in [3.05, 3.63) is 48.6 Å². The molecule has 0 unspecified atom stereocenters. The zero-order valence-corrected chi connectivity index (χ0v) is 28.3. The molecule has 5 heteroatoms. The molecule has 0 heterocycles. The van der Waals surface area contributed by atoms with Crippen LogP contribution in [0.3, 0.4) is 0 Å². The molecule has 0 saturated carbocycles. The Balaban J connectivity index is 3.31. The van der Waals surface area contributed by atoms with Crippen LogP contribution >= 0.6 is 0 Å². The lowest BCUT2D eigenvalue weighted by molar-refractivity contribution is 0.141. The van der Waals surface area contributed by atoms with Crippen LogP contribution in [0.1, 0.15) is 116 Å². The fourth-order valence-corrected chi connectivity index (χ4v) is 4.55. The molecule has 42 heavy (non-hydrogen) atoms. The maximum absolute atomic E-state index is 10.3. The summed E-state index contributed by atoms with van der Waals surface area (Å²) in [5.74, 6) is 0. The minimum Gasteiger partial charge on any atom is -0.393 e. The van der Waals surface area contributed by atoms with Gasteiger partial charge in [0.05, 0.1) is 32.5 Å². The van der Waals surface area contributed by atoms with Crippen molar-refractivity contribution < 1.29 is 14.6 Å². The highest BCUT2D eigenvalue weighted by Gasteiger charge is 2.03. The Bertz CT molecular complexity index is 589. The number of hydrogen-bond donors (Lipinski definition) is 1. The first-order chi connectivity index (χ1) is 20.5. The van der Waals surface area contributed by atoms with Gasteiger partial charge in [-0.3, -0.25) is 0 Å². The molecule has 0 amide bonds. The van der Waals surface area contributed by atoms with E-state index in [9.17, 15) is 5.11 Å². The smallest absolute Gasteiger partial charge is 0.0648 e. The van der Waals surface area contributed by atoms with Gasteiger partial charge in [0.2, 0.25) is 0 Å². The molecule has 0 aliphatic carbocycles. The summed E-state index contributed by atoms with van der Waals surface area (Å²) < 4.78 is 11.1. The molecule has 0 aromatic rings. The van der Waals surface area contributed by atoms with Gasteiger partial charge in [-0.15, -0.1) is 0 Å². The third kappa shape index (κ3) is 36.8. The van der Waals surface area contributed by atoms with E-state index in [2.05, 4.69) is 86.6 Å². The Morgan fingerprint density at radius 3 is 1.24 bits per heavy atom. The number of likely N-dealkylation sites (N-methyl/N-ethyl adjacent to an activating group) is 2. The molecule has 0 spiro atoms. The Kier molecular flexibility index (Phi) is 33.2. The number of aliphatic hydroxyl groups is 1.